The van der Waals surface area contributed by atoms with Crippen molar-refractivity contribution in [3.8, 4) is 11.4 Å². The number of hydrogen-bond donors (Lipinski definition) is 1. The molecule has 0 bridgehead atoms. The standard InChI is InChI=1S/C14H14FN5OS/c1-8(2)6-11(21)16-13-19-20-12(17-18-14(20)22-13)9-4-3-5-10(15)7-9/h3-5,7-8H,6H2,1-2H3,(H,16,19,21). The summed E-state index contributed by atoms with van der Waals surface area (Å²) in [4.78, 5) is 12.3. The van der Waals surface area contributed by atoms with Crippen molar-refractivity contribution in [2.45, 2.75) is 20.3 Å². The molecule has 2 heterocycles. The van der Waals surface area contributed by atoms with Gasteiger partial charge in [-0.05, 0) is 18.1 Å². The van der Waals surface area contributed by atoms with E-state index in [1.54, 1.807) is 12.1 Å². The van der Waals surface area contributed by atoms with Crippen LogP contribution in [0.15, 0.2) is 24.3 Å². The maximum Gasteiger partial charge on any atom is 0.236 e. The fourth-order valence-electron chi connectivity index (χ4n) is 2.02. The molecule has 0 spiro atoms. The van der Waals surface area contributed by atoms with E-state index >= 15 is 0 Å². The summed E-state index contributed by atoms with van der Waals surface area (Å²) in [6, 6.07) is 6.06. The monoisotopic (exact) mass is 319 g/mol. The lowest BCUT2D eigenvalue weighted by molar-refractivity contribution is -0.116. The Kier molecular flexibility index (Phi) is 3.84. The molecule has 0 aliphatic rings. The number of nitrogens with zero attached hydrogens (tertiary/aromatic N) is 4. The number of hydrogen-bond acceptors (Lipinski definition) is 5. The van der Waals surface area contributed by atoms with Crippen molar-refractivity contribution in [2.24, 2.45) is 5.92 Å². The third kappa shape index (κ3) is 2.96. The minimum absolute atomic E-state index is 0.0905. The van der Waals surface area contributed by atoms with Crippen LogP contribution in [0.25, 0.3) is 16.3 Å². The minimum Gasteiger partial charge on any atom is -0.301 e. The summed E-state index contributed by atoms with van der Waals surface area (Å²) < 4.78 is 14.8. The minimum atomic E-state index is -0.352. The third-order valence-corrected chi connectivity index (χ3v) is 3.73. The lowest BCUT2D eigenvalue weighted by Crippen LogP contribution is -2.13. The van der Waals surface area contributed by atoms with Gasteiger partial charge < -0.3 is 5.32 Å². The van der Waals surface area contributed by atoms with Gasteiger partial charge in [0.1, 0.15) is 5.82 Å². The zero-order chi connectivity index (χ0) is 15.7. The van der Waals surface area contributed by atoms with Gasteiger partial charge >= 0.3 is 0 Å². The number of benzene rings is 1. The molecule has 1 N–H and O–H groups in total. The molecular formula is C14H14FN5OS. The Labute approximate surface area is 130 Å². The first kappa shape index (κ1) is 14.6. The van der Waals surface area contributed by atoms with Crippen molar-refractivity contribution in [1.82, 2.24) is 19.8 Å². The molecule has 3 aromatic rings. The third-order valence-electron chi connectivity index (χ3n) is 2.91. The first-order chi connectivity index (χ1) is 10.5. The maximum atomic E-state index is 13.3. The molecular weight excluding hydrogens is 305 g/mol. The fourth-order valence-corrected chi connectivity index (χ4v) is 2.77. The second-order valence-corrected chi connectivity index (χ2v) is 6.24. The first-order valence-electron chi connectivity index (χ1n) is 6.81. The van der Waals surface area contributed by atoms with Crippen LogP contribution in [0.4, 0.5) is 9.52 Å². The van der Waals surface area contributed by atoms with Crippen LogP contribution in [0.1, 0.15) is 20.3 Å². The summed E-state index contributed by atoms with van der Waals surface area (Å²) >= 11 is 1.22. The molecule has 0 saturated heterocycles. The smallest absolute Gasteiger partial charge is 0.236 e. The lowest BCUT2D eigenvalue weighted by atomic mass is 10.1. The van der Waals surface area contributed by atoms with E-state index in [9.17, 15) is 9.18 Å². The van der Waals surface area contributed by atoms with Crippen LogP contribution < -0.4 is 5.32 Å². The number of carbonyl (C=O) groups is 1. The Morgan fingerprint density at radius 1 is 1.41 bits per heavy atom. The summed E-state index contributed by atoms with van der Waals surface area (Å²) in [5.74, 6) is 0.269. The first-order valence-corrected chi connectivity index (χ1v) is 7.62. The Morgan fingerprint density at radius 2 is 2.23 bits per heavy atom. The van der Waals surface area contributed by atoms with Crippen LogP contribution in [0, 0.1) is 11.7 Å². The number of rotatable bonds is 4. The number of amides is 1. The van der Waals surface area contributed by atoms with Gasteiger partial charge in [-0.3, -0.25) is 4.79 Å². The van der Waals surface area contributed by atoms with Gasteiger partial charge in [-0.2, -0.15) is 4.52 Å². The number of anilines is 1. The summed E-state index contributed by atoms with van der Waals surface area (Å²) in [6.45, 7) is 3.94. The molecule has 8 heteroatoms. The predicted octanol–water partition coefficient (Wildman–Crippen LogP) is 2.98. The summed E-state index contributed by atoms with van der Waals surface area (Å²) in [6.07, 6.45) is 0.427. The highest BCUT2D eigenvalue weighted by molar-refractivity contribution is 7.20. The molecule has 3 rings (SSSR count). The highest BCUT2D eigenvalue weighted by atomic mass is 32.1. The van der Waals surface area contributed by atoms with E-state index in [0.717, 1.165) is 0 Å². The molecule has 1 aromatic carbocycles. The molecule has 0 aliphatic carbocycles. The zero-order valence-corrected chi connectivity index (χ0v) is 12.9. The Bertz CT molecular complexity index is 826. The second-order valence-electron chi connectivity index (χ2n) is 5.28. The van der Waals surface area contributed by atoms with Crippen molar-refractivity contribution in [1.29, 1.82) is 0 Å². The molecule has 0 aliphatic heterocycles. The number of halogens is 1. The molecule has 0 radical (unpaired) electrons. The van der Waals surface area contributed by atoms with E-state index in [-0.39, 0.29) is 17.6 Å². The van der Waals surface area contributed by atoms with Gasteiger partial charge in [0.05, 0.1) is 0 Å². The van der Waals surface area contributed by atoms with Crippen molar-refractivity contribution >= 4 is 27.3 Å². The van der Waals surface area contributed by atoms with E-state index in [4.69, 9.17) is 0 Å². The van der Waals surface area contributed by atoms with Crippen LogP contribution in [-0.2, 0) is 4.79 Å². The van der Waals surface area contributed by atoms with Gasteiger partial charge in [0, 0.05) is 12.0 Å². The van der Waals surface area contributed by atoms with E-state index < -0.39 is 0 Å². The summed E-state index contributed by atoms with van der Waals surface area (Å²) in [7, 11) is 0. The summed E-state index contributed by atoms with van der Waals surface area (Å²) in [5.41, 5.74) is 0.581. The Morgan fingerprint density at radius 3 is 2.95 bits per heavy atom. The molecule has 1 amide bonds. The highest BCUT2D eigenvalue weighted by Gasteiger charge is 2.15. The average Bonchev–Trinajstić information content (AvgIpc) is 2.96. The van der Waals surface area contributed by atoms with Gasteiger partial charge in [-0.15, -0.1) is 15.3 Å². The summed E-state index contributed by atoms with van der Waals surface area (Å²) in [5, 5.41) is 15.5. The van der Waals surface area contributed by atoms with Crippen LogP contribution in [0.5, 0.6) is 0 Å². The Hall–Kier alpha value is -2.35. The molecule has 0 saturated carbocycles. The predicted molar refractivity (Wildman–Crippen MR) is 82.1 cm³/mol. The highest BCUT2D eigenvalue weighted by Crippen LogP contribution is 2.24. The average molecular weight is 319 g/mol. The number of nitrogens with one attached hydrogen (secondary N) is 1. The van der Waals surface area contributed by atoms with Crippen LogP contribution in [-0.4, -0.2) is 25.7 Å². The number of carbonyl (C=O) groups excluding carboxylic acids is 1. The maximum absolute atomic E-state index is 13.3. The Balaban J connectivity index is 1.90. The topological polar surface area (TPSA) is 72.2 Å². The number of fused-ring (bicyclic) bond motifs is 1. The van der Waals surface area contributed by atoms with Crippen LogP contribution in [0.3, 0.4) is 0 Å². The second kappa shape index (κ2) is 5.80. The molecule has 114 valence electrons. The molecule has 2 aromatic heterocycles. The van der Waals surface area contributed by atoms with E-state index in [1.165, 1.54) is 28.0 Å². The van der Waals surface area contributed by atoms with Crippen molar-refractivity contribution in [3.63, 3.8) is 0 Å². The lowest BCUT2D eigenvalue weighted by Gasteiger charge is -2.03. The molecule has 22 heavy (non-hydrogen) atoms. The molecule has 0 unspecified atom stereocenters. The SMILES string of the molecule is CC(C)CC(=O)Nc1nn2c(-c3cccc(F)c3)nnc2s1. The largest absolute Gasteiger partial charge is 0.301 e. The van der Waals surface area contributed by atoms with Gasteiger partial charge in [0.25, 0.3) is 0 Å². The van der Waals surface area contributed by atoms with Crippen molar-refractivity contribution in [2.75, 3.05) is 5.32 Å². The van der Waals surface area contributed by atoms with Crippen molar-refractivity contribution < 1.29 is 9.18 Å². The normalized spacial score (nSPS) is 11.3. The fraction of sp³-hybridized carbons (Fsp3) is 0.286. The quantitative estimate of drug-likeness (QED) is 0.802. The zero-order valence-electron chi connectivity index (χ0n) is 12.1. The van der Waals surface area contributed by atoms with Crippen LogP contribution >= 0.6 is 11.3 Å². The van der Waals surface area contributed by atoms with Crippen LogP contribution in [0.2, 0.25) is 0 Å². The molecule has 0 fully saturated rings. The van der Waals surface area contributed by atoms with Gasteiger partial charge in [-0.1, -0.05) is 37.3 Å². The van der Waals surface area contributed by atoms with E-state index in [0.29, 0.717) is 27.9 Å². The van der Waals surface area contributed by atoms with Gasteiger partial charge in [0.2, 0.25) is 16.0 Å². The van der Waals surface area contributed by atoms with E-state index in [2.05, 4.69) is 20.6 Å². The molecule has 0 atom stereocenters. The number of aromatic nitrogens is 4. The van der Waals surface area contributed by atoms with Gasteiger partial charge in [0.15, 0.2) is 5.82 Å². The van der Waals surface area contributed by atoms with Gasteiger partial charge in [-0.25, -0.2) is 4.39 Å². The molecule has 6 nitrogen and oxygen atoms in total. The van der Waals surface area contributed by atoms with Crippen molar-refractivity contribution in [3.05, 3.63) is 30.1 Å². The van der Waals surface area contributed by atoms with E-state index in [1.807, 2.05) is 13.8 Å².